The van der Waals surface area contributed by atoms with Crippen LogP contribution in [0.15, 0.2) is 24.3 Å². The molecule has 2 rings (SSSR count). The fourth-order valence-corrected chi connectivity index (χ4v) is 2.43. The van der Waals surface area contributed by atoms with Gasteiger partial charge in [-0.1, -0.05) is 12.1 Å². The van der Waals surface area contributed by atoms with E-state index >= 15 is 0 Å². The molecule has 0 saturated carbocycles. The van der Waals surface area contributed by atoms with Gasteiger partial charge >= 0.3 is 0 Å². The van der Waals surface area contributed by atoms with Crippen LogP contribution in [0.5, 0.6) is 0 Å². The highest BCUT2D eigenvalue weighted by Crippen LogP contribution is 2.30. The molecule has 78 valence electrons. The third-order valence-electron chi connectivity index (χ3n) is 2.16. The molecule has 0 radical (unpaired) electrons. The third-order valence-corrected chi connectivity index (χ3v) is 3.39. The topological polar surface area (TPSA) is 64.9 Å². The molecular formula is C11H13N3S. The van der Waals surface area contributed by atoms with Crippen LogP contribution in [0.4, 0.5) is 5.69 Å². The standard InChI is InChI=1S/C11H13N3S/c1-7-11(15-10(6-12)14-7)8-3-2-4-9(13)5-8/h2-5H,6,12-13H2,1H3. The second-order valence-electron chi connectivity index (χ2n) is 3.35. The van der Waals surface area contributed by atoms with Crippen LogP contribution in [0.25, 0.3) is 10.4 Å². The molecule has 0 spiro atoms. The Labute approximate surface area is 92.8 Å². The number of nitrogens with zero attached hydrogens (tertiary/aromatic N) is 1. The van der Waals surface area contributed by atoms with E-state index in [9.17, 15) is 0 Å². The number of benzene rings is 1. The van der Waals surface area contributed by atoms with Gasteiger partial charge in [-0.2, -0.15) is 0 Å². The van der Waals surface area contributed by atoms with Gasteiger partial charge in [0.1, 0.15) is 5.01 Å². The van der Waals surface area contributed by atoms with Gasteiger partial charge in [0.05, 0.1) is 10.6 Å². The van der Waals surface area contributed by atoms with E-state index in [0.29, 0.717) is 6.54 Å². The summed E-state index contributed by atoms with van der Waals surface area (Å²) in [6.07, 6.45) is 0. The summed E-state index contributed by atoms with van der Waals surface area (Å²) in [5.41, 5.74) is 14.2. The summed E-state index contributed by atoms with van der Waals surface area (Å²) in [6, 6.07) is 7.83. The molecule has 0 aliphatic carbocycles. The largest absolute Gasteiger partial charge is 0.399 e. The van der Waals surface area contributed by atoms with Crippen molar-refractivity contribution < 1.29 is 0 Å². The number of nitrogen functional groups attached to an aromatic ring is 1. The second kappa shape index (κ2) is 4.00. The smallest absolute Gasteiger partial charge is 0.107 e. The number of aryl methyl sites for hydroxylation is 1. The monoisotopic (exact) mass is 219 g/mol. The van der Waals surface area contributed by atoms with Crippen LogP contribution in [0, 0.1) is 6.92 Å². The van der Waals surface area contributed by atoms with Crippen LogP contribution in [0.2, 0.25) is 0 Å². The molecule has 0 fully saturated rings. The SMILES string of the molecule is Cc1nc(CN)sc1-c1cccc(N)c1. The predicted molar refractivity (Wildman–Crippen MR) is 64.6 cm³/mol. The summed E-state index contributed by atoms with van der Waals surface area (Å²) in [5, 5.41) is 0.963. The quantitative estimate of drug-likeness (QED) is 0.761. The van der Waals surface area contributed by atoms with Gasteiger partial charge in [0.15, 0.2) is 0 Å². The first-order chi connectivity index (χ1) is 7.20. The van der Waals surface area contributed by atoms with Crippen LogP contribution >= 0.6 is 11.3 Å². The number of thiazole rings is 1. The van der Waals surface area contributed by atoms with E-state index in [2.05, 4.69) is 4.98 Å². The van der Waals surface area contributed by atoms with Crippen LogP contribution in [-0.2, 0) is 6.54 Å². The van der Waals surface area contributed by atoms with Crippen molar-refractivity contribution in [2.45, 2.75) is 13.5 Å². The molecule has 3 nitrogen and oxygen atoms in total. The van der Waals surface area contributed by atoms with Gasteiger partial charge in [-0.15, -0.1) is 11.3 Å². The Bertz CT molecular complexity index is 476. The predicted octanol–water partition coefficient (Wildman–Crippen LogP) is 2.16. The molecule has 2 aromatic rings. The first kappa shape index (κ1) is 10.1. The lowest BCUT2D eigenvalue weighted by atomic mass is 10.1. The summed E-state index contributed by atoms with van der Waals surface area (Å²) in [7, 11) is 0. The summed E-state index contributed by atoms with van der Waals surface area (Å²) < 4.78 is 0. The molecule has 1 heterocycles. The normalized spacial score (nSPS) is 10.5. The highest BCUT2D eigenvalue weighted by molar-refractivity contribution is 7.15. The average molecular weight is 219 g/mol. The van der Waals surface area contributed by atoms with Gasteiger partial charge in [-0.3, -0.25) is 0 Å². The maximum Gasteiger partial charge on any atom is 0.107 e. The van der Waals surface area contributed by atoms with Crippen molar-refractivity contribution in [1.29, 1.82) is 0 Å². The zero-order valence-corrected chi connectivity index (χ0v) is 9.34. The minimum absolute atomic E-state index is 0.494. The maximum absolute atomic E-state index is 5.74. The van der Waals surface area contributed by atoms with E-state index in [-0.39, 0.29) is 0 Å². The lowest BCUT2D eigenvalue weighted by Crippen LogP contribution is -1.94. The fraction of sp³-hybridized carbons (Fsp3) is 0.182. The van der Waals surface area contributed by atoms with Gasteiger partial charge < -0.3 is 11.5 Å². The molecule has 0 bridgehead atoms. The van der Waals surface area contributed by atoms with Crippen molar-refractivity contribution in [1.82, 2.24) is 4.98 Å². The molecule has 1 aromatic heterocycles. The van der Waals surface area contributed by atoms with E-state index in [1.165, 1.54) is 0 Å². The first-order valence-electron chi connectivity index (χ1n) is 4.73. The van der Waals surface area contributed by atoms with Crippen molar-refractivity contribution in [2.24, 2.45) is 5.73 Å². The van der Waals surface area contributed by atoms with E-state index in [1.54, 1.807) is 11.3 Å². The lowest BCUT2D eigenvalue weighted by Gasteiger charge is -1.99. The Morgan fingerprint density at radius 3 is 2.80 bits per heavy atom. The number of rotatable bonds is 2. The minimum atomic E-state index is 0.494. The third kappa shape index (κ3) is 2.00. The Balaban J connectivity index is 2.48. The molecule has 0 unspecified atom stereocenters. The van der Waals surface area contributed by atoms with Crippen LogP contribution < -0.4 is 11.5 Å². The number of hydrogen-bond donors (Lipinski definition) is 2. The molecule has 0 saturated heterocycles. The van der Waals surface area contributed by atoms with Gasteiger partial charge in [0.2, 0.25) is 0 Å². The lowest BCUT2D eigenvalue weighted by molar-refractivity contribution is 1.02. The molecule has 4 heteroatoms. The number of anilines is 1. The Morgan fingerprint density at radius 1 is 1.40 bits per heavy atom. The maximum atomic E-state index is 5.74. The fourth-order valence-electron chi connectivity index (χ4n) is 1.49. The number of nitrogens with two attached hydrogens (primary N) is 2. The van der Waals surface area contributed by atoms with E-state index < -0.39 is 0 Å². The Kier molecular flexibility index (Phi) is 2.70. The molecule has 1 aromatic carbocycles. The first-order valence-corrected chi connectivity index (χ1v) is 5.54. The van der Waals surface area contributed by atoms with Crippen molar-refractivity contribution in [3.8, 4) is 10.4 Å². The van der Waals surface area contributed by atoms with E-state index in [4.69, 9.17) is 11.5 Å². The van der Waals surface area contributed by atoms with Crippen molar-refractivity contribution in [3.63, 3.8) is 0 Å². The summed E-state index contributed by atoms with van der Waals surface area (Å²) >= 11 is 1.63. The van der Waals surface area contributed by atoms with Gasteiger partial charge in [-0.25, -0.2) is 4.98 Å². The van der Waals surface area contributed by atoms with Crippen molar-refractivity contribution >= 4 is 17.0 Å². The summed E-state index contributed by atoms with van der Waals surface area (Å²) in [4.78, 5) is 5.54. The summed E-state index contributed by atoms with van der Waals surface area (Å²) in [6.45, 7) is 2.49. The van der Waals surface area contributed by atoms with Crippen molar-refractivity contribution in [3.05, 3.63) is 35.0 Å². The van der Waals surface area contributed by atoms with Crippen molar-refractivity contribution in [2.75, 3.05) is 5.73 Å². The molecule has 0 atom stereocenters. The Hall–Kier alpha value is -1.39. The molecular weight excluding hydrogens is 206 g/mol. The highest BCUT2D eigenvalue weighted by atomic mass is 32.1. The Morgan fingerprint density at radius 2 is 2.20 bits per heavy atom. The number of hydrogen-bond acceptors (Lipinski definition) is 4. The second-order valence-corrected chi connectivity index (χ2v) is 4.44. The number of aromatic nitrogens is 1. The highest BCUT2D eigenvalue weighted by Gasteiger charge is 2.08. The zero-order valence-electron chi connectivity index (χ0n) is 8.53. The molecule has 4 N–H and O–H groups in total. The van der Waals surface area contributed by atoms with E-state index in [1.807, 2.05) is 31.2 Å². The zero-order chi connectivity index (χ0) is 10.8. The summed E-state index contributed by atoms with van der Waals surface area (Å²) in [5.74, 6) is 0. The average Bonchev–Trinajstić information content (AvgIpc) is 2.60. The molecule has 0 amide bonds. The van der Waals surface area contributed by atoms with Crippen LogP contribution in [0.1, 0.15) is 10.7 Å². The van der Waals surface area contributed by atoms with Gasteiger partial charge in [0.25, 0.3) is 0 Å². The van der Waals surface area contributed by atoms with Crippen LogP contribution in [0.3, 0.4) is 0 Å². The molecule has 0 aliphatic rings. The van der Waals surface area contributed by atoms with Gasteiger partial charge in [0, 0.05) is 12.2 Å². The molecule has 0 aliphatic heterocycles. The van der Waals surface area contributed by atoms with E-state index in [0.717, 1.165) is 26.8 Å². The van der Waals surface area contributed by atoms with Gasteiger partial charge in [-0.05, 0) is 24.6 Å². The van der Waals surface area contributed by atoms with Crippen LogP contribution in [-0.4, -0.2) is 4.98 Å². The minimum Gasteiger partial charge on any atom is -0.399 e. The molecule has 15 heavy (non-hydrogen) atoms.